The molecule has 0 unspecified atom stereocenters. The van der Waals surface area contributed by atoms with Gasteiger partial charge in [0, 0.05) is 51.2 Å². The van der Waals surface area contributed by atoms with Crippen molar-refractivity contribution in [3.8, 4) is 0 Å². The molecule has 0 spiro atoms. The second-order valence-corrected chi connectivity index (χ2v) is 6.11. The van der Waals surface area contributed by atoms with E-state index in [4.69, 9.17) is 9.47 Å². The highest BCUT2D eigenvalue weighted by molar-refractivity contribution is 5.10. The predicted molar refractivity (Wildman–Crippen MR) is 77.4 cm³/mol. The lowest BCUT2D eigenvalue weighted by Crippen LogP contribution is -2.56. The van der Waals surface area contributed by atoms with Crippen LogP contribution in [-0.4, -0.2) is 49.4 Å². The zero-order chi connectivity index (χ0) is 13.8. The summed E-state index contributed by atoms with van der Waals surface area (Å²) in [6.07, 6.45) is 7.62. The molecule has 0 radical (unpaired) electrons. The highest BCUT2D eigenvalue weighted by atomic mass is 16.5. The van der Waals surface area contributed by atoms with E-state index in [1.165, 1.54) is 12.0 Å². The van der Waals surface area contributed by atoms with Crippen molar-refractivity contribution >= 4 is 0 Å². The molecule has 0 aliphatic carbocycles. The smallest absolute Gasteiger partial charge is 0.0677 e. The molecular weight excluding hydrogens is 252 g/mol. The minimum Gasteiger partial charge on any atom is -0.384 e. The van der Waals surface area contributed by atoms with Crippen LogP contribution in [0.5, 0.6) is 0 Å². The quantitative estimate of drug-likeness (QED) is 0.843. The van der Waals surface area contributed by atoms with Crippen molar-refractivity contribution in [3.63, 3.8) is 0 Å². The van der Waals surface area contributed by atoms with E-state index in [9.17, 15) is 0 Å². The molecule has 1 aromatic rings. The predicted octanol–water partition coefficient (Wildman–Crippen LogP) is 2.10. The zero-order valence-corrected chi connectivity index (χ0v) is 12.3. The van der Waals surface area contributed by atoms with Crippen molar-refractivity contribution in [2.24, 2.45) is 5.41 Å². The van der Waals surface area contributed by atoms with Crippen molar-refractivity contribution in [1.82, 2.24) is 9.88 Å². The van der Waals surface area contributed by atoms with E-state index in [1.807, 2.05) is 19.5 Å². The molecule has 0 N–H and O–H groups in total. The SMILES string of the molecule is COC[C@]12CCCO[C@H]1CCN(Cc1ccncc1)C2. The van der Waals surface area contributed by atoms with Gasteiger partial charge in [-0.25, -0.2) is 0 Å². The number of ether oxygens (including phenoxy) is 2. The zero-order valence-electron chi connectivity index (χ0n) is 12.3. The van der Waals surface area contributed by atoms with Crippen LogP contribution < -0.4 is 0 Å². The number of hydrogen-bond donors (Lipinski definition) is 0. The van der Waals surface area contributed by atoms with E-state index in [0.717, 1.165) is 45.7 Å². The first-order chi connectivity index (χ1) is 9.82. The summed E-state index contributed by atoms with van der Waals surface area (Å²) in [7, 11) is 1.81. The molecule has 3 rings (SSSR count). The Kier molecular flexibility index (Phi) is 4.34. The standard InChI is InChI=1S/C16H24N2O2/c1-19-13-16-6-2-10-20-15(16)5-9-18(12-16)11-14-3-7-17-8-4-14/h3-4,7-8,15H,2,5-6,9-13H2,1H3/t15-,16+/m0/s1. The summed E-state index contributed by atoms with van der Waals surface area (Å²) < 4.78 is 11.5. The minimum absolute atomic E-state index is 0.193. The fourth-order valence-corrected chi connectivity index (χ4v) is 3.76. The van der Waals surface area contributed by atoms with Crippen LogP contribution in [0.4, 0.5) is 0 Å². The first-order valence-corrected chi connectivity index (χ1v) is 7.54. The van der Waals surface area contributed by atoms with Gasteiger partial charge in [-0.15, -0.1) is 0 Å². The number of methoxy groups -OCH3 is 1. The van der Waals surface area contributed by atoms with Crippen molar-refractivity contribution in [2.45, 2.75) is 31.9 Å². The summed E-state index contributed by atoms with van der Waals surface area (Å²) in [4.78, 5) is 6.63. The highest BCUT2D eigenvalue weighted by Gasteiger charge is 2.45. The Morgan fingerprint density at radius 3 is 3.10 bits per heavy atom. The van der Waals surface area contributed by atoms with Gasteiger partial charge in [0.15, 0.2) is 0 Å². The summed E-state index contributed by atoms with van der Waals surface area (Å²) in [5.41, 5.74) is 1.53. The van der Waals surface area contributed by atoms with E-state index >= 15 is 0 Å². The molecule has 3 heterocycles. The van der Waals surface area contributed by atoms with Crippen LogP contribution in [0.1, 0.15) is 24.8 Å². The van der Waals surface area contributed by atoms with Gasteiger partial charge >= 0.3 is 0 Å². The van der Waals surface area contributed by atoms with Gasteiger partial charge in [0.2, 0.25) is 0 Å². The maximum Gasteiger partial charge on any atom is 0.0677 e. The van der Waals surface area contributed by atoms with E-state index in [1.54, 1.807) is 0 Å². The van der Waals surface area contributed by atoms with E-state index in [0.29, 0.717) is 6.10 Å². The fraction of sp³-hybridized carbons (Fsp3) is 0.688. The largest absolute Gasteiger partial charge is 0.384 e. The van der Waals surface area contributed by atoms with Crippen molar-refractivity contribution in [1.29, 1.82) is 0 Å². The van der Waals surface area contributed by atoms with Crippen LogP contribution in [0, 0.1) is 5.41 Å². The van der Waals surface area contributed by atoms with Crippen LogP contribution in [-0.2, 0) is 16.0 Å². The molecule has 2 saturated heterocycles. The Morgan fingerprint density at radius 2 is 2.30 bits per heavy atom. The van der Waals surface area contributed by atoms with Gasteiger partial charge in [-0.2, -0.15) is 0 Å². The molecule has 0 aromatic carbocycles. The number of nitrogens with zero attached hydrogens (tertiary/aromatic N) is 2. The molecule has 2 aliphatic heterocycles. The Balaban J connectivity index is 1.70. The summed E-state index contributed by atoms with van der Waals surface area (Å²) in [5, 5.41) is 0. The number of rotatable bonds is 4. The molecule has 20 heavy (non-hydrogen) atoms. The molecule has 2 aliphatic rings. The molecule has 4 nitrogen and oxygen atoms in total. The van der Waals surface area contributed by atoms with Gasteiger partial charge in [0.1, 0.15) is 0 Å². The number of aromatic nitrogens is 1. The van der Waals surface area contributed by atoms with Gasteiger partial charge < -0.3 is 9.47 Å². The average molecular weight is 276 g/mol. The van der Waals surface area contributed by atoms with Gasteiger partial charge in [-0.3, -0.25) is 9.88 Å². The molecule has 4 heteroatoms. The lowest BCUT2D eigenvalue weighted by Gasteiger charge is -2.50. The topological polar surface area (TPSA) is 34.6 Å². The Hall–Kier alpha value is -0.970. The second kappa shape index (κ2) is 6.20. The number of piperidine rings is 1. The molecule has 2 atom stereocenters. The summed E-state index contributed by atoms with van der Waals surface area (Å²) in [6.45, 7) is 4.91. The molecule has 0 bridgehead atoms. The van der Waals surface area contributed by atoms with Crippen molar-refractivity contribution in [3.05, 3.63) is 30.1 Å². The van der Waals surface area contributed by atoms with Crippen molar-refractivity contribution < 1.29 is 9.47 Å². The Bertz CT molecular complexity index is 422. The third-order valence-electron chi connectivity index (χ3n) is 4.65. The molecule has 0 saturated carbocycles. The average Bonchev–Trinajstić information content (AvgIpc) is 2.48. The number of likely N-dealkylation sites (tertiary alicyclic amines) is 1. The molecule has 0 amide bonds. The summed E-state index contributed by atoms with van der Waals surface area (Å²) >= 11 is 0. The normalized spacial score (nSPS) is 30.9. The van der Waals surface area contributed by atoms with E-state index < -0.39 is 0 Å². The second-order valence-electron chi connectivity index (χ2n) is 6.11. The third kappa shape index (κ3) is 2.87. The minimum atomic E-state index is 0.193. The van der Waals surface area contributed by atoms with Gasteiger partial charge in [0.25, 0.3) is 0 Å². The maximum atomic E-state index is 6.02. The highest BCUT2D eigenvalue weighted by Crippen LogP contribution is 2.40. The van der Waals surface area contributed by atoms with Crippen LogP contribution >= 0.6 is 0 Å². The molecule has 2 fully saturated rings. The number of fused-ring (bicyclic) bond motifs is 1. The Labute approximate surface area is 121 Å². The molecule has 110 valence electrons. The maximum absolute atomic E-state index is 6.02. The van der Waals surface area contributed by atoms with Gasteiger partial charge in [-0.1, -0.05) is 0 Å². The van der Waals surface area contributed by atoms with Crippen LogP contribution in [0.15, 0.2) is 24.5 Å². The van der Waals surface area contributed by atoms with Crippen molar-refractivity contribution in [2.75, 3.05) is 33.4 Å². The fourth-order valence-electron chi connectivity index (χ4n) is 3.76. The van der Waals surface area contributed by atoms with Gasteiger partial charge in [0.05, 0.1) is 12.7 Å². The van der Waals surface area contributed by atoms with E-state index in [-0.39, 0.29) is 5.41 Å². The monoisotopic (exact) mass is 276 g/mol. The number of hydrogen-bond acceptors (Lipinski definition) is 4. The van der Waals surface area contributed by atoms with Crippen LogP contribution in [0.2, 0.25) is 0 Å². The number of pyridine rings is 1. The van der Waals surface area contributed by atoms with Gasteiger partial charge in [-0.05, 0) is 37.0 Å². The summed E-state index contributed by atoms with van der Waals surface area (Å²) in [6, 6.07) is 4.21. The van der Waals surface area contributed by atoms with Crippen LogP contribution in [0.3, 0.4) is 0 Å². The lowest BCUT2D eigenvalue weighted by atomic mass is 9.73. The lowest BCUT2D eigenvalue weighted by molar-refractivity contribution is -0.149. The molecular formula is C16H24N2O2. The first-order valence-electron chi connectivity index (χ1n) is 7.54. The molecule has 1 aromatic heterocycles. The van der Waals surface area contributed by atoms with Crippen LogP contribution in [0.25, 0.3) is 0 Å². The first kappa shape index (κ1) is 14.0. The Morgan fingerprint density at radius 1 is 1.45 bits per heavy atom. The third-order valence-corrected chi connectivity index (χ3v) is 4.65. The summed E-state index contributed by atoms with van der Waals surface area (Å²) in [5.74, 6) is 0. The van der Waals surface area contributed by atoms with E-state index in [2.05, 4.69) is 22.0 Å².